The van der Waals surface area contributed by atoms with Crippen molar-refractivity contribution in [2.45, 2.75) is 13.8 Å². The molecule has 3 aromatic heterocycles. The Hall–Kier alpha value is -3.55. The van der Waals surface area contributed by atoms with Crippen LogP contribution in [0.2, 0.25) is 0 Å². The number of nitrogen functional groups attached to an aromatic ring is 1. The first-order valence-electron chi connectivity index (χ1n) is 7.63. The van der Waals surface area contributed by atoms with Gasteiger partial charge in [0.25, 0.3) is 5.91 Å². The van der Waals surface area contributed by atoms with Crippen LogP contribution in [0.5, 0.6) is 5.75 Å². The van der Waals surface area contributed by atoms with Crippen LogP contribution >= 0.6 is 0 Å². The number of nitrogens with two attached hydrogens (primary N) is 2. The molecule has 1 amide bonds. The highest BCUT2D eigenvalue weighted by atomic mass is 16.3. The third kappa shape index (κ3) is 1.90. The highest BCUT2D eigenvalue weighted by Gasteiger charge is 2.24. The molecule has 25 heavy (non-hydrogen) atoms. The van der Waals surface area contributed by atoms with Crippen molar-refractivity contribution in [1.29, 1.82) is 0 Å². The number of primary amides is 1. The molecule has 4 rings (SSSR count). The quantitative estimate of drug-likeness (QED) is 0.513. The van der Waals surface area contributed by atoms with Gasteiger partial charge in [-0.05, 0) is 37.6 Å². The normalized spacial score (nSPS) is 11.4. The summed E-state index contributed by atoms with van der Waals surface area (Å²) >= 11 is 0. The van der Waals surface area contributed by atoms with Crippen LogP contribution in [0.4, 0.5) is 5.82 Å². The zero-order chi connectivity index (χ0) is 17.9. The molecule has 8 nitrogen and oxygen atoms in total. The molecule has 8 heteroatoms. The Labute approximate surface area is 142 Å². The molecule has 0 unspecified atom stereocenters. The zero-order valence-electron chi connectivity index (χ0n) is 13.7. The molecule has 0 spiro atoms. The first-order valence-corrected chi connectivity index (χ1v) is 7.63. The highest BCUT2D eigenvalue weighted by Crippen LogP contribution is 2.36. The molecule has 1 aromatic carbocycles. The van der Waals surface area contributed by atoms with Crippen molar-refractivity contribution in [2.24, 2.45) is 5.73 Å². The van der Waals surface area contributed by atoms with E-state index in [1.165, 1.54) is 6.33 Å². The molecule has 5 N–H and O–H groups in total. The number of anilines is 1. The fourth-order valence-electron chi connectivity index (χ4n) is 3.30. The lowest BCUT2D eigenvalue weighted by Gasteiger charge is -2.15. The van der Waals surface area contributed by atoms with Crippen molar-refractivity contribution >= 4 is 28.4 Å². The van der Waals surface area contributed by atoms with Crippen molar-refractivity contribution in [3.05, 3.63) is 47.3 Å². The number of aryl methyl sites for hydroxylation is 1. The van der Waals surface area contributed by atoms with Gasteiger partial charge in [-0.15, -0.1) is 0 Å². The maximum Gasteiger partial charge on any atom is 0.253 e. The van der Waals surface area contributed by atoms with Crippen molar-refractivity contribution in [3.8, 4) is 11.4 Å². The maximum absolute atomic E-state index is 12.0. The number of hydrogen-bond acceptors (Lipinski definition) is 5. The van der Waals surface area contributed by atoms with Crippen molar-refractivity contribution < 1.29 is 9.90 Å². The number of amides is 1. The second-order valence-corrected chi connectivity index (χ2v) is 5.94. The number of rotatable bonds is 2. The number of nitrogens with zero attached hydrogens (tertiary/aromatic N) is 4. The van der Waals surface area contributed by atoms with E-state index < -0.39 is 5.91 Å². The second-order valence-electron chi connectivity index (χ2n) is 5.94. The van der Waals surface area contributed by atoms with Gasteiger partial charge in [-0.3, -0.25) is 9.36 Å². The van der Waals surface area contributed by atoms with Crippen LogP contribution < -0.4 is 11.5 Å². The number of aromatic hydroxyl groups is 1. The van der Waals surface area contributed by atoms with Crippen LogP contribution in [0.15, 0.2) is 30.6 Å². The van der Waals surface area contributed by atoms with Crippen LogP contribution in [0.1, 0.15) is 21.5 Å². The summed E-state index contributed by atoms with van der Waals surface area (Å²) in [5.74, 6) is -0.299. The number of benzene rings is 1. The van der Waals surface area contributed by atoms with Gasteiger partial charge in [-0.1, -0.05) is 6.07 Å². The second kappa shape index (κ2) is 4.97. The topological polar surface area (TPSA) is 124 Å². The Morgan fingerprint density at radius 2 is 1.96 bits per heavy atom. The van der Waals surface area contributed by atoms with Crippen molar-refractivity contribution in [2.75, 3.05) is 5.73 Å². The van der Waals surface area contributed by atoms with E-state index in [0.717, 1.165) is 5.56 Å². The minimum atomic E-state index is -0.629. The smallest absolute Gasteiger partial charge is 0.253 e. The number of carbonyl (C=O) groups is 1. The number of hydrogen-bond donors (Lipinski definition) is 3. The summed E-state index contributed by atoms with van der Waals surface area (Å²) in [4.78, 5) is 16.2. The molecule has 0 saturated carbocycles. The number of phenols is 1. The summed E-state index contributed by atoms with van der Waals surface area (Å²) < 4.78 is 3.29. The van der Waals surface area contributed by atoms with E-state index in [4.69, 9.17) is 11.5 Å². The summed E-state index contributed by atoms with van der Waals surface area (Å²) in [6.45, 7) is 3.69. The Morgan fingerprint density at radius 1 is 1.20 bits per heavy atom. The molecule has 0 fully saturated rings. The van der Waals surface area contributed by atoms with E-state index in [1.807, 2.05) is 6.92 Å². The number of pyridine rings is 1. The molecule has 0 saturated heterocycles. The first kappa shape index (κ1) is 15.0. The SMILES string of the molecule is Cc1ccc(O)c(C)c1-n1c(N)c(C(N)=O)c2ccc3ncnn3c21. The Morgan fingerprint density at radius 3 is 2.68 bits per heavy atom. The minimum Gasteiger partial charge on any atom is -0.508 e. The highest BCUT2D eigenvalue weighted by molar-refractivity contribution is 6.11. The standard InChI is InChI=1S/C17H16N6O2/c1-8-3-5-11(24)9(2)14(8)22-15(18)13(16(19)25)10-4-6-12-20-7-21-23(12)17(10)22/h3-7,24H,18H2,1-2H3,(H2,19,25). The average molecular weight is 336 g/mol. The van der Waals surface area contributed by atoms with Crippen LogP contribution in [0.3, 0.4) is 0 Å². The zero-order valence-corrected chi connectivity index (χ0v) is 13.7. The predicted octanol–water partition coefficient (Wildman–Crippen LogP) is 1.68. The Kier molecular flexibility index (Phi) is 2.98. The summed E-state index contributed by atoms with van der Waals surface area (Å²) in [7, 11) is 0. The Balaban J connectivity index is 2.29. The van der Waals surface area contributed by atoms with Crippen molar-refractivity contribution in [3.63, 3.8) is 0 Å². The van der Waals surface area contributed by atoms with E-state index in [-0.39, 0.29) is 17.1 Å². The molecule has 0 bridgehead atoms. The molecule has 0 atom stereocenters. The molecule has 0 aliphatic rings. The number of aromatic nitrogens is 4. The fraction of sp³-hybridized carbons (Fsp3) is 0.118. The summed E-state index contributed by atoms with van der Waals surface area (Å²) in [5, 5.41) is 15.0. The van der Waals surface area contributed by atoms with E-state index >= 15 is 0 Å². The number of carbonyl (C=O) groups excluding carboxylic acids is 1. The molecule has 126 valence electrons. The van der Waals surface area contributed by atoms with Gasteiger partial charge in [-0.2, -0.15) is 9.61 Å². The summed E-state index contributed by atoms with van der Waals surface area (Å²) in [6.07, 6.45) is 1.43. The van der Waals surface area contributed by atoms with Gasteiger partial charge < -0.3 is 16.6 Å². The number of phenolic OH excluding ortho intramolecular Hbond substituents is 1. The van der Waals surface area contributed by atoms with E-state index in [1.54, 1.807) is 40.3 Å². The molecule has 3 heterocycles. The van der Waals surface area contributed by atoms with Crippen LogP contribution in [0.25, 0.3) is 22.4 Å². The van der Waals surface area contributed by atoms with Gasteiger partial charge in [0, 0.05) is 10.9 Å². The van der Waals surface area contributed by atoms with E-state index in [2.05, 4.69) is 10.1 Å². The lowest BCUT2D eigenvalue weighted by atomic mass is 10.1. The van der Waals surface area contributed by atoms with Crippen molar-refractivity contribution in [1.82, 2.24) is 19.2 Å². The molecular formula is C17H16N6O2. The fourth-order valence-corrected chi connectivity index (χ4v) is 3.30. The summed E-state index contributed by atoms with van der Waals surface area (Å²) in [5.41, 5.74) is 15.5. The number of fused-ring (bicyclic) bond motifs is 3. The molecule has 0 aliphatic heterocycles. The first-order chi connectivity index (χ1) is 11.9. The van der Waals surface area contributed by atoms with Gasteiger partial charge in [0.2, 0.25) is 0 Å². The van der Waals surface area contributed by atoms with E-state index in [9.17, 15) is 9.90 Å². The lowest BCUT2D eigenvalue weighted by Crippen LogP contribution is -2.14. The molecule has 4 aromatic rings. The third-order valence-corrected chi connectivity index (χ3v) is 4.47. The average Bonchev–Trinajstić information content (AvgIpc) is 3.14. The van der Waals surface area contributed by atoms with Crippen LogP contribution in [-0.2, 0) is 0 Å². The van der Waals surface area contributed by atoms with Gasteiger partial charge in [-0.25, -0.2) is 4.98 Å². The van der Waals surface area contributed by atoms with Gasteiger partial charge in [0.1, 0.15) is 17.9 Å². The maximum atomic E-state index is 12.0. The van der Waals surface area contributed by atoms with E-state index in [0.29, 0.717) is 27.9 Å². The van der Waals surface area contributed by atoms with Gasteiger partial charge in [0.05, 0.1) is 11.3 Å². The lowest BCUT2D eigenvalue weighted by molar-refractivity contribution is 0.100. The monoisotopic (exact) mass is 336 g/mol. The van der Waals surface area contributed by atoms with Crippen LogP contribution in [-0.4, -0.2) is 30.2 Å². The largest absolute Gasteiger partial charge is 0.508 e. The summed E-state index contributed by atoms with van der Waals surface area (Å²) in [6, 6.07) is 6.90. The predicted molar refractivity (Wildman–Crippen MR) is 93.9 cm³/mol. The minimum absolute atomic E-state index is 0.133. The molecule has 0 radical (unpaired) electrons. The Bertz CT molecular complexity index is 1170. The van der Waals surface area contributed by atoms with Crippen LogP contribution in [0, 0.1) is 13.8 Å². The van der Waals surface area contributed by atoms with Gasteiger partial charge >= 0.3 is 0 Å². The third-order valence-electron chi connectivity index (χ3n) is 4.47. The van der Waals surface area contributed by atoms with Gasteiger partial charge in [0.15, 0.2) is 11.3 Å². The molecule has 0 aliphatic carbocycles. The molecular weight excluding hydrogens is 320 g/mol.